The van der Waals surface area contributed by atoms with Gasteiger partial charge in [-0.05, 0) is 43.7 Å². The van der Waals surface area contributed by atoms with Gasteiger partial charge in [-0.1, -0.05) is 6.07 Å². The Hall–Kier alpha value is -3.42. The van der Waals surface area contributed by atoms with Gasteiger partial charge in [-0.3, -0.25) is 19.7 Å². The Morgan fingerprint density at radius 1 is 1.19 bits per heavy atom. The number of non-ortho nitro benzene ring substituents is 1. The van der Waals surface area contributed by atoms with Crippen molar-refractivity contribution in [1.29, 1.82) is 0 Å². The van der Waals surface area contributed by atoms with Crippen LogP contribution in [-0.4, -0.2) is 29.3 Å². The van der Waals surface area contributed by atoms with Gasteiger partial charge in [0, 0.05) is 42.2 Å². The Morgan fingerprint density at radius 3 is 2.56 bits per heavy atom. The van der Waals surface area contributed by atoms with Crippen molar-refractivity contribution in [3.63, 3.8) is 0 Å². The molecule has 0 spiro atoms. The predicted octanol–water partition coefficient (Wildman–Crippen LogP) is 3.16. The van der Waals surface area contributed by atoms with E-state index in [9.17, 15) is 19.7 Å². The SMILES string of the molecule is CC(Nc1ccc(N2CCCC2=O)cc1)C(=O)Nc1cccc([N+](=O)[O-])c1. The molecule has 0 radical (unpaired) electrons. The number of hydrogen-bond acceptors (Lipinski definition) is 5. The fourth-order valence-electron chi connectivity index (χ4n) is 2.92. The molecule has 140 valence electrons. The van der Waals surface area contributed by atoms with Gasteiger partial charge in [0.2, 0.25) is 11.8 Å². The Kier molecular flexibility index (Phi) is 5.35. The van der Waals surface area contributed by atoms with E-state index in [1.165, 1.54) is 18.2 Å². The summed E-state index contributed by atoms with van der Waals surface area (Å²) in [7, 11) is 0. The number of nitrogens with one attached hydrogen (secondary N) is 2. The van der Waals surface area contributed by atoms with Crippen LogP contribution in [0.15, 0.2) is 48.5 Å². The fourth-order valence-corrected chi connectivity index (χ4v) is 2.92. The zero-order chi connectivity index (χ0) is 19.4. The highest BCUT2D eigenvalue weighted by molar-refractivity contribution is 5.97. The topological polar surface area (TPSA) is 105 Å². The average Bonchev–Trinajstić information content (AvgIpc) is 3.08. The van der Waals surface area contributed by atoms with Crippen LogP contribution in [0.4, 0.5) is 22.7 Å². The van der Waals surface area contributed by atoms with Gasteiger partial charge >= 0.3 is 0 Å². The summed E-state index contributed by atoms with van der Waals surface area (Å²) in [4.78, 5) is 36.2. The lowest BCUT2D eigenvalue weighted by molar-refractivity contribution is -0.384. The van der Waals surface area contributed by atoms with Crippen LogP contribution in [0.25, 0.3) is 0 Å². The molecule has 3 rings (SSSR count). The zero-order valence-corrected chi connectivity index (χ0v) is 14.8. The van der Waals surface area contributed by atoms with Crippen LogP contribution in [-0.2, 0) is 9.59 Å². The maximum atomic E-state index is 12.3. The van der Waals surface area contributed by atoms with Crippen molar-refractivity contribution in [3.05, 3.63) is 58.6 Å². The number of nitro benzene ring substituents is 1. The lowest BCUT2D eigenvalue weighted by atomic mass is 10.2. The van der Waals surface area contributed by atoms with Crippen molar-refractivity contribution in [2.24, 2.45) is 0 Å². The molecule has 0 aromatic heterocycles. The van der Waals surface area contributed by atoms with E-state index in [0.717, 1.165) is 24.3 Å². The van der Waals surface area contributed by atoms with Gasteiger partial charge in [0.15, 0.2) is 0 Å². The average molecular weight is 368 g/mol. The molecule has 2 aromatic carbocycles. The third-order valence-corrected chi connectivity index (χ3v) is 4.35. The van der Waals surface area contributed by atoms with Crippen LogP contribution in [0.3, 0.4) is 0 Å². The van der Waals surface area contributed by atoms with Gasteiger partial charge in [-0.15, -0.1) is 0 Å². The summed E-state index contributed by atoms with van der Waals surface area (Å²) in [5.74, 6) is -0.185. The summed E-state index contributed by atoms with van der Waals surface area (Å²) in [6.07, 6.45) is 1.45. The van der Waals surface area contributed by atoms with Crippen molar-refractivity contribution < 1.29 is 14.5 Å². The highest BCUT2D eigenvalue weighted by atomic mass is 16.6. The van der Waals surface area contributed by atoms with Crippen molar-refractivity contribution >= 4 is 34.6 Å². The van der Waals surface area contributed by atoms with E-state index >= 15 is 0 Å². The number of anilines is 3. The Bertz CT molecular complexity index is 866. The molecule has 2 amide bonds. The number of rotatable bonds is 6. The first-order valence-electron chi connectivity index (χ1n) is 8.66. The molecule has 1 saturated heterocycles. The summed E-state index contributed by atoms with van der Waals surface area (Å²) in [6, 6.07) is 12.6. The monoisotopic (exact) mass is 368 g/mol. The van der Waals surface area contributed by atoms with Gasteiger partial charge in [0.25, 0.3) is 5.69 Å². The molecule has 1 unspecified atom stereocenters. The van der Waals surface area contributed by atoms with Gasteiger partial charge in [0.1, 0.15) is 6.04 Å². The lowest BCUT2D eigenvalue weighted by Gasteiger charge is -2.18. The molecule has 0 bridgehead atoms. The van der Waals surface area contributed by atoms with E-state index in [-0.39, 0.29) is 17.5 Å². The van der Waals surface area contributed by atoms with Gasteiger partial charge in [-0.2, -0.15) is 0 Å². The highest BCUT2D eigenvalue weighted by Crippen LogP contribution is 2.23. The zero-order valence-electron chi connectivity index (χ0n) is 14.8. The van der Waals surface area contributed by atoms with Gasteiger partial charge < -0.3 is 15.5 Å². The van der Waals surface area contributed by atoms with E-state index in [1.54, 1.807) is 17.9 Å². The minimum absolute atomic E-state index is 0.0829. The van der Waals surface area contributed by atoms with Crippen LogP contribution in [0.2, 0.25) is 0 Å². The molecule has 1 fully saturated rings. The minimum Gasteiger partial charge on any atom is -0.374 e. The van der Waals surface area contributed by atoms with Crippen molar-refractivity contribution in [3.8, 4) is 0 Å². The first-order chi connectivity index (χ1) is 12.9. The summed E-state index contributed by atoms with van der Waals surface area (Å²) in [6.45, 7) is 2.43. The summed E-state index contributed by atoms with van der Waals surface area (Å²) in [5.41, 5.74) is 1.87. The maximum absolute atomic E-state index is 12.3. The largest absolute Gasteiger partial charge is 0.374 e. The third-order valence-electron chi connectivity index (χ3n) is 4.35. The maximum Gasteiger partial charge on any atom is 0.271 e. The predicted molar refractivity (Wildman–Crippen MR) is 103 cm³/mol. The molecule has 2 N–H and O–H groups in total. The normalized spacial score (nSPS) is 14.7. The fraction of sp³-hybridized carbons (Fsp3) is 0.263. The number of benzene rings is 2. The molecule has 1 aliphatic heterocycles. The molecule has 0 saturated carbocycles. The summed E-state index contributed by atoms with van der Waals surface area (Å²) >= 11 is 0. The van der Waals surface area contributed by atoms with E-state index in [0.29, 0.717) is 12.1 Å². The minimum atomic E-state index is -0.552. The van der Waals surface area contributed by atoms with Gasteiger partial charge in [-0.25, -0.2) is 0 Å². The Labute approximate surface area is 156 Å². The molecule has 1 heterocycles. The number of nitrogens with zero attached hydrogens (tertiary/aromatic N) is 2. The van der Waals surface area contributed by atoms with Gasteiger partial charge in [0.05, 0.1) is 4.92 Å². The summed E-state index contributed by atoms with van der Waals surface area (Å²) < 4.78 is 0. The molecular weight excluding hydrogens is 348 g/mol. The molecule has 8 nitrogen and oxygen atoms in total. The van der Waals surface area contributed by atoms with E-state index in [4.69, 9.17) is 0 Å². The highest BCUT2D eigenvalue weighted by Gasteiger charge is 2.21. The quantitative estimate of drug-likeness (QED) is 0.602. The van der Waals surface area contributed by atoms with E-state index in [2.05, 4.69) is 10.6 Å². The van der Waals surface area contributed by atoms with Crippen molar-refractivity contribution in [2.75, 3.05) is 22.1 Å². The van der Waals surface area contributed by atoms with Crippen LogP contribution in [0.5, 0.6) is 0 Å². The van der Waals surface area contributed by atoms with Crippen molar-refractivity contribution in [2.45, 2.75) is 25.8 Å². The molecule has 8 heteroatoms. The van der Waals surface area contributed by atoms with Crippen molar-refractivity contribution in [1.82, 2.24) is 0 Å². The first-order valence-corrected chi connectivity index (χ1v) is 8.66. The number of nitro groups is 1. The van der Waals surface area contributed by atoms with Crippen LogP contribution in [0.1, 0.15) is 19.8 Å². The van der Waals surface area contributed by atoms with Crippen LogP contribution < -0.4 is 15.5 Å². The van der Waals surface area contributed by atoms with Crippen LogP contribution in [0, 0.1) is 10.1 Å². The molecule has 27 heavy (non-hydrogen) atoms. The summed E-state index contributed by atoms with van der Waals surface area (Å²) in [5, 5.41) is 16.6. The van der Waals surface area contributed by atoms with E-state index < -0.39 is 11.0 Å². The Morgan fingerprint density at radius 2 is 1.93 bits per heavy atom. The van der Waals surface area contributed by atoms with E-state index in [1.807, 2.05) is 24.3 Å². The number of hydrogen-bond donors (Lipinski definition) is 2. The Balaban J connectivity index is 1.60. The second-order valence-corrected chi connectivity index (χ2v) is 6.36. The third kappa shape index (κ3) is 4.41. The second-order valence-electron chi connectivity index (χ2n) is 6.36. The second kappa shape index (κ2) is 7.86. The van der Waals surface area contributed by atoms with Crippen LogP contribution >= 0.6 is 0 Å². The molecule has 0 aliphatic carbocycles. The first kappa shape index (κ1) is 18.4. The smallest absolute Gasteiger partial charge is 0.271 e. The molecule has 1 atom stereocenters. The number of carbonyl (C=O) groups is 2. The molecule has 2 aromatic rings. The number of carbonyl (C=O) groups excluding carboxylic acids is 2. The lowest BCUT2D eigenvalue weighted by Crippen LogP contribution is -2.31. The molecule has 1 aliphatic rings. The molecular formula is C19H20N4O4. The standard InChI is InChI=1S/C19H20N4O4/c1-13(19(25)21-15-4-2-5-17(12-15)23(26)27)20-14-7-9-16(10-8-14)22-11-3-6-18(22)24/h2,4-5,7-10,12-13,20H,3,6,11H2,1H3,(H,21,25). The number of amides is 2.